The van der Waals surface area contributed by atoms with Gasteiger partial charge in [0.1, 0.15) is 5.82 Å². The van der Waals surface area contributed by atoms with E-state index < -0.39 is 5.82 Å². The molecule has 0 atom stereocenters. The third-order valence-electron chi connectivity index (χ3n) is 3.68. The highest BCUT2D eigenvalue weighted by atomic mass is 35.5. The van der Waals surface area contributed by atoms with Crippen LogP contribution in [0.15, 0.2) is 18.2 Å². The summed E-state index contributed by atoms with van der Waals surface area (Å²) in [7, 11) is 0. The highest BCUT2D eigenvalue weighted by molar-refractivity contribution is 6.30. The molecule has 0 aliphatic carbocycles. The Morgan fingerprint density at radius 1 is 1.18 bits per heavy atom. The molecule has 1 aliphatic rings. The number of carbonyl (C=O) groups is 2. The van der Waals surface area contributed by atoms with E-state index in [1.165, 1.54) is 12.1 Å². The Balaban J connectivity index is 1.93. The summed E-state index contributed by atoms with van der Waals surface area (Å²) in [4.78, 5) is 27.5. The van der Waals surface area contributed by atoms with Gasteiger partial charge in [-0.3, -0.25) is 9.59 Å². The molecular formula is C15H19ClFN3O2. The van der Waals surface area contributed by atoms with Crippen LogP contribution in [-0.4, -0.2) is 54.3 Å². The summed E-state index contributed by atoms with van der Waals surface area (Å²) in [6.45, 7) is 2.21. The second-order valence-corrected chi connectivity index (χ2v) is 5.63. The van der Waals surface area contributed by atoms with Crippen molar-refractivity contribution in [2.45, 2.75) is 12.8 Å². The highest BCUT2D eigenvalue weighted by Gasteiger charge is 2.25. The molecule has 1 heterocycles. The number of hydrogen-bond donors (Lipinski definition) is 1. The molecule has 7 heteroatoms. The van der Waals surface area contributed by atoms with Crippen molar-refractivity contribution >= 4 is 23.4 Å². The molecule has 1 aliphatic heterocycles. The average Bonchev–Trinajstić information content (AvgIpc) is 2.52. The Kier molecular flexibility index (Phi) is 5.74. The molecule has 1 saturated heterocycles. The van der Waals surface area contributed by atoms with Gasteiger partial charge in [0.05, 0.1) is 5.56 Å². The Bertz CT molecular complexity index is 560. The molecule has 0 unspecified atom stereocenters. The van der Waals surface area contributed by atoms with Crippen molar-refractivity contribution in [1.82, 2.24) is 9.80 Å². The van der Waals surface area contributed by atoms with Crippen LogP contribution < -0.4 is 5.73 Å². The quantitative estimate of drug-likeness (QED) is 0.911. The molecule has 2 rings (SSSR count). The van der Waals surface area contributed by atoms with Crippen LogP contribution in [-0.2, 0) is 4.79 Å². The Morgan fingerprint density at radius 2 is 1.82 bits per heavy atom. The highest BCUT2D eigenvalue weighted by Crippen LogP contribution is 2.17. The Labute approximate surface area is 133 Å². The summed E-state index contributed by atoms with van der Waals surface area (Å²) in [5, 5.41) is 0.254. The van der Waals surface area contributed by atoms with Crippen LogP contribution in [0.25, 0.3) is 0 Å². The van der Waals surface area contributed by atoms with Crippen molar-refractivity contribution in [3.05, 3.63) is 34.6 Å². The van der Waals surface area contributed by atoms with Gasteiger partial charge in [-0.25, -0.2) is 4.39 Å². The first kappa shape index (κ1) is 16.7. The molecule has 2 N–H and O–H groups in total. The topological polar surface area (TPSA) is 66.6 Å². The lowest BCUT2D eigenvalue weighted by molar-refractivity contribution is -0.132. The third kappa shape index (κ3) is 3.96. The molecule has 0 spiro atoms. The summed E-state index contributed by atoms with van der Waals surface area (Å²) in [5.74, 6) is -0.947. The van der Waals surface area contributed by atoms with Crippen LogP contribution >= 0.6 is 11.6 Å². The van der Waals surface area contributed by atoms with E-state index in [9.17, 15) is 14.0 Å². The number of amides is 2. The first-order chi connectivity index (χ1) is 10.5. The summed E-state index contributed by atoms with van der Waals surface area (Å²) < 4.78 is 13.8. The smallest absolute Gasteiger partial charge is 0.256 e. The molecule has 0 radical (unpaired) electrons. The van der Waals surface area contributed by atoms with Gasteiger partial charge in [0.2, 0.25) is 5.91 Å². The summed E-state index contributed by atoms with van der Waals surface area (Å²) in [6, 6.07) is 4.00. The fraction of sp³-hybridized carbons (Fsp3) is 0.467. The van der Waals surface area contributed by atoms with Gasteiger partial charge in [-0.15, -0.1) is 0 Å². The number of piperazine rings is 1. The van der Waals surface area contributed by atoms with Gasteiger partial charge in [-0.05, 0) is 31.2 Å². The van der Waals surface area contributed by atoms with E-state index in [4.69, 9.17) is 17.3 Å². The SMILES string of the molecule is NCCCC(=O)N1CCN(C(=O)c2ccc(Cl)cc2F)CC1. The van der Waals surface area contributed by atoms with Gasteiger partial charge in [-0.2, -0.15) is 0 Å². The number of benzene rings is 1. The standard InChI is InChI=1S/C15H19ClFN3O2/c16-11-3-4-12(13(17)10-11)15(22)20-8-6-19(7-9-20)14(21)2-1-5-18/h3-4,10H,1-2,5-9,18H2. The zero-order valence-corrected chi connectivity index (χ0v) is 13.0. The van der Waals surface area contributed by atoms with Crippen molar-refractivity contribution in [3.8, 4) is 0 Å². The van der Waals surface area contributed by atoms with E-state index in [2.05, 4.69) is 0 Å². The number of nitrogens with two attached hydrogens (primary N) is 1. The predicted octanol–water partition coefficient (Wildman–Crippen LogP) is 1.50. The molecule has 5 nitrogen and oxygen atoms in total. The van der Waals surface area contributed by atoms with E-state index in [1.807, 2.05) is 0 Å². The fourth-order valence-electron chi connectivity index (χ4n) is 2.40. The minimum Gasteiger partial charge on any atom is -0.339 e. The van der Waals surface area contributed by atoms with Crippen LogP contribution in [0, 0.1) is 5.82 Å². The number of hydrogen-bond acceptors (Lipinski definition) is 3. The molecule has 1 aromatic rings. The van der Waals surface area contributed by atoms with Gasteiger partial charge < -0.3 is 15.5 Å². The zero-order valence-electron chi connectivity index (χ0n) is 12.2. The number of halogens is 2. The van der Waals surface area contributed by atoms with Crippen molar-refractivity contribution in [3.63, 3.8) is 0 Å². The van der Waals surface area contributed by atoms with Gasteiger partial charge in [0, 0.05) is 37.6 Å². The van der Waals surface area contributed by atoms with E-state index in [0.29, 0.717) is 45.6 Å². The van der Waals surface area contributed by atoms with Crippen LogP contribution in [0.3, 0.4) is 0 Å². The van der Waals surface area contributed by atoms with E-state index in [-0.39, 0.29) is 22.4 Å². The number of carbonyl (C=O) groups excluding carboxylic acids is 2. The van der Waals surface area contributed by atoms with Crippen LogP contribution in [0.1, 0.15) is 23.2 Å². The van der Waals surface area contributed by atoms with Crippen molar-refractivity contribution in [2.24, 2.45) is 5.73 Å². The summed E-state index contributed by atoms with van der Waals surface area (Å²) in [6.07, 6.45) is 1.09. The van der Waals surface area contributed by atoms with E-state index >= 15 is 0 Å². The van der Waals surface area contributed by atoms with Crippen LogP contribution in [0.2, 0.25) is 5.02 Å². The lowest BCUT2D eigenvalue weighted by Crippen LogP contribution is -2.50. The molecule has 1 aromatic carbocycles. The van der Waals surface area contributed by atoms with Crippen LogP contribution in [0.4, 0.5) is 4.39 Å². The Hall–Kier alpha value is -1.66. The maximum Gasteiger partial charge on any atom is 0.256 e. The van der Waals surface area contributed by atoms with Gasteiger partial charge in [-0.1, -0.05) is 11.6 Å². The molecule has 2 amide bonds. The molecule has 1 fully saturated rings. The monoisotopic (exact) mass is 327 g/mol. The number of nitrogens with zero attached hydrogens (tertiary/aromatic N) is 2. The van der Waals surface area contributed by atoms with Crippen molar-refractivity contribution in [1.29, 1.82) is 0 Å². The maximum absolute atomic E-state index is 13.8. The minimum absolute atomic E-state index is 0.00677. The lowest BCUT2D eigenvalue weighted by Gasteiger charge is -2.35. The molecule has 0 bridgehead atoms. The maximum atomic E-state index is 13.8. The minimum atomic E-state index is -0.626. The van der Waals surface area contributed by atoms with Crippen molar-refractivity contribution in [2.75, 3.05) is 32.7 Å². The summed E-state index contributed by atoms with van der Waals surface area (Å²) >= 11 is 5.69. The predicted molar refractivity (Wildman–Crippen MR) is 82.2 cm³/mol. The first-order valence-electron chi connectivity index (χ1n) is 7.25. The lowest BCUT2D eigenvalue weighted by atomic mass is 10.1. The molecular weight excluding hydrogens is 309 g/mol. The molecule has 0 aromatic heterocycles. The average molecular weight is 328 g/mol. The van der Waals surface area contributed by atoms with Gasteiger partial charge >= 0.3 is 0 Å². The number of rotatable bonds is 4. The largest absolute Gasteiger partial charge is 0.339 e. The van der Waals surface area contributed by atoms with Gasteiger partial charge in [0.15, 0.2) is 0 Å². The van der Waals surface area contributed by atoms with E-state index in [0.717, 1.165) is 6.07 Å². The first-order valence-corrected chi connectivity index (χ1v) is 7.63. The second kappa shape index (κ2) is 7.56. The normalized spacial score (nSPS) is 15.0. The zero-order chi connectivity index (χ0) is 16.1. The molecule has 22 heavy (non-hydrogen) atoms. The molecule has 120 valence electrons. The molecule has 0 saturated carbocycles. The third-order valence-corrected chi connectivity index (χ3v) is 3.91. The fourth-order valence-corrected chi connectivity index (χ4v) is 2.56. The summed E-state index contributed by atoms with van der Waals surface area (Å²) in [5.41, 5.74) is 5.40. The van der Waals surface area contributed by atoms with Crippen molar-refractivity contribution < 1.29 is 14.0 Å². The van der Waals surface area contributed by atoms with Crippen LogP contribution in [0.5, 0.6) is 0 Å². The van der Waals surface area contributed by atoms with E-state index in [1.54, 1.807) is 9.80 Å². The Morgan fingerprint density at radius 3 is 2.41 bits per heavy atom. The van der Waals surface area contributed by atoms with Gasteiger partial charge in [0.25, 0.3) is 5.91 Å². The second-order valence-electron chi connectivity index (χ2n) is 5.19.